The van der Waals surface area contributed by atoms with Gasteiger partial charge in [-0.1, -0.05) is 28.8 Å². The van der Waals surface area contributed by atoms with Gasteiger partial charge in [-0.2, -0.15) is 0 Å². The normalized spacial score (nSPS) is 24.7. The second kappa shape index (κ2) is 5.40. The number of hydrogen-bond acceptors (Lipinski definition) is 2. The van der Waals surface area contributed by atoms with Gasteiger partial charge < -0.3 is 10.4 Å². The molecular weight excluding hydrogens is 278 g/mol. The average Bonchev–Trinajstić information content (AvgIpc) is 2.29. The van der Waals surface area contributed by atoms with Gasteiger partial charge in [0.05, 0.1) is 12.1 Å². The van der Waals surface area contributed by atoms with E-state index >= 15 is 0 Å². The number of hydrogen-bond donors (Lipinski definition) is 2. The van der Waals surface area contributed by atoms with Crippen molar-refractivity contribution in [2.24, 2.45) is 0 Å². The van der Waals surface area contributed by atoms with E-state index in [0.29, 0.717) is 0 Å². The van der Waals surface area contributed by atoms with E-state index in [1.807, 2.05) is 0 Å². The van der Waals surface area contributed by atoms with E-state index in [0.717, 1.165) is 24.9 Å². The largest absolute Gasteiger partial charge is 0.391 e. The summed E-state index contributed by atoms with van der Waals surface area (Å²) in [6.45, 7) is 4.19. The van der Waals surface area contributed by atoms with Crippen LogP contribution in [0.2, 0.25) is 0 Å². The molecule has 1 aromatic rings. The molecule has 1 fully saturated rings. The summed E-state index contributed by atoms with van der Waals surface area (Å²) in [6.07, 6.45) is 4.15. The molecule has 2 rings (SSSR count). The van der Waals surface area contributed by atoms with Gasteiger partial charge in [-0.3, -0.25) is 0 Å². The summed E-state index contributed by atoms with van der Waals surface area (Å²) in [6, 6.07) is 4.49. The molecule has 0 amide bonds. The highest BCUT2D eigenvalue weighted by molar-refractivity contribution is 9.10. The fraction of sp³-hybridized carbons (Fsp3) is 0.571. The van der Waals surface area contributed by atoms with E-state index in [9.17, 15) is 5.11 Å². The van der Waals surface area contributed by atoms with Gasteiger partial charge in [0.2, 0.25) is 0 Å². The van der Waals surface area contributed by atoms with Gasteiger partial charge in [-0.05, 0) is 49.9 Å². The van der Waals surface area contributed by atoms with Gasteiger partial charge in [0.1, 0.15) is 0 Å². The molecule has 17 heavy (non-hydrogen) atoms. The van der Waals surface area contributed by atoms with Crippen molar-refractivity contribution < 1.29 is 5.11 Å². The predicted molar refractivity (Wildman–Crippen MR) is 75.5 cm³/mol. The Bertz CT molecular complexity index is 382. The third-order valence-electron chi connectivity index (χ3n) is 3.52. The Labute approximate surface area is 112 Å². The molecule has 94 valence electrons. The molecule has 0 spiro atoms. The number of halogens is 1. The minimum atomic E-state index is -0.201. The molecular formula is C14H20BrNO. The first-order chi connectivity index (χ1) is 8.08. The maximum absolute atomic E-state index is 9.95. The highest BCUT2D eigenvalue weighted by Gasteiger charge is 2.22. The molecule has 1 aliphatic carbocycles. The van der Waals surface area contributed by atoms with Crippen molar-refractivity contribution in [2.45, 2.75) is 51.7 Å². The van der Waals surface area contributed by atoms with E-state index in [1.54, 1.807) is 0 Å². The lowest BCUT2D eigenvalue weighted by molar-refractivity contribution is 0.116. The molecule has 1 aromatic carbocycles. The van der Waals surface area contributed by atoms with Crippen molar-refractivity contribution in [1.29, 1.82) is 0 Å². The number of aliphatic hydroxyl groups is 1. The molecule has 0 aromatic heterocycles. The Hall–Kier alpha value is -0.540. The summed E-state index contributed by atoms with van der Waals surface area (Å²) in [5.74, 6) is 0. The Balaban J connectivity index is 2.12. The van der Waals surface area contributed by atoms with Crippen LogP contribution in [0.25, 0.3) is 0 Å². The lowest BCUT2D eigenvalue weighted by Crippen LogP contribution is -2.36. The maximum atomic E-state index is 9.95. The molecule has 0 heterocycles. The molecule has 0 bridgehead atoms. The van der Waals surface area contributed by atoms with Crippen LogP contribution in [-0.2, 0) is 0 Å². The third kappa shape index (κ3) is 3.02. The van der Waals surface area contributed by atoms with Crippen LogP contribution in [0.4, 0.5) is 5.69 Å². The molecule has 0 aliphatic heterocycles. The quantitative estimate of drug-likeness (QED) is 0.871. The number of aliphatic hydroxyl groups excluding tert-OH is 1. The molecule has 3 heteroatoms. The zero-order chi connectivity index (χ0) is 12.4. The average molecular weight is 298 g/mol. The van der Waals surface area contributed by atoms with Crippen molar-refractivity contribution in [3.05, 3.63) is 27.7 Å². The Morgan fingerprint density at radius 1 is 1.18 bits per heavy atom. The summed E-state index contributed by atoms with van der Waals surface area (Å²) in [5.41, 5.74) is 3.59. The van der Waals surface area contributed by atoms with E-state index in [4.69, 9.17) is 0 Å². The van der Waals surface area contributed by atoms with Crippen LogP contribution in [0.1, 0.15) is 36.8 Å². The maximum Gasteiger partial charge on any atom is 0.0741 e. The molecule has 2 unspecified atom stereocenters. The van der Waals surface area contributed by atoms with Gasteiger partial charge in [-0.15, -0.1) is 0 Å². The number of nitrogens with one attached hydrogen (secondary N) is 1. The molecule has 1 aliphatic rings. The smallest absolute Gasteiger partial charge is 0.0741 e. The third-order valence-corrected chi connectivity index (χ3v) is 4.77. The lowest BCUT2D eigenvalue weighted by atomic mass is 9.92. The first kappa shape index (κ1) is 12.9. The van der Waals surface area contributed by atoms with E-state index < -0.39 is 0 Å². The van der Waals surface area contributed by atoms with Gasteiger partial charge in [0.15, 0.2) is 0 Å². The molecule has 2 nitrogen and oxygen atoms in total. The molecule has 0 saturated heterocycles. The highest BCUT2D eigenvalue weighted by Crippen LogP contribution is 2.27. The van der Waals surface area contributed by atoms with E-state index in [-0.39, 0.29) is 12.1 Å². The topological polar surface area (TPSA) is 32.3 Å². The monoisotopic (exact) mass is 297 g/mol. The minimum Gasteiger partial charge on any atom is -0.391 e. The zero-order valence-corrected chi connectivity index (χ0v) is 12.0. The molecule has 2 N–H and O–H groups in total. The number of aryl methyl sites for hydroxylation is 2. The number of benzene rings is 1. The van der Waals surface area contributed by atoms with Crippen molar-refractivity contribution >= 4 is 21.6 Å². The van der Waals surface area contributed by atoms with Crippen LogP contribution in [0, 0.1) is 13.8 Å². The second-order valence-electron chi connectivity index (χ2n) is 5.03. The van der Waals surface area contributed by atoms with Gasteiger partial charge in [-0.25, -0.2) is 0 Å². The van der Waals surface area contributed by atoms with Crippen molar-refractivity contribution in [3.8, 4) is 0 Å². The molecule has 2 atom stereocenters. The zero-order valence-electron chi connectivity index (χ0n) is 10.5. The Morgan fingerprint density at radius 2 is 1.76 bits per heavy atom. The first-order valence-electron chi connectivity index (χ1n) is 6.29. The Kier molecular flexibility index (Phi) is 4.10. The van der Waals surface area contributed by atoms with Crippen LogP contribution in [0.15, 0.2) is 16.6 Å². The fourth-order valence-corrected chi connectivity index (χ4v) is 2.75. The Morgan fingerprint density at radius 3 is 2.35 bits per heavy atom. The van der Waals surface area contributed by atoms with Gasteiger partial charge in [0.25, 0.3) is 0 Å². The molecule has 0 radical (unpaired) electrons. The molecule has 1 saturated carbocycles. The summed E-state index contributed by atoms with van der Waals surface area (Å²) in [7, 11) is 0. The summed E-state index contributed by atoms with van der Waals surface area (Å²) >= 11 is 3.57. The highest BCUT2D eigenvalue weighted by atomic mass is 79.9. The van der Waals surface area contributed by atoms with Gasteiger partial charge >= 0.3 is 0 Å². The summed E-state index contributed by atoms with van der Waals surface area (Å²) in [4.78, 5) is 0. The summed E-state index contributed by atoms with van der Waals surface area (Å²) in [5, 5.41) is 13.4. The van der Waals surface area contributed by atoms with E-state index in [2.05, 4.69) is 47.2 Å². The van der Waals surface area contributed by atoms with Crippen molar-refractivity contribution in [2.75, 3.05) is 5.32 Å². The first-order valence-corrected chi connectivity index (χ1v) is 7.08. The van der Waals surface area contributed by atoms with Crippen molar-refractivity contribution in [1.82, 2.24) is 0 Å². The second-order valence-corrected chi connectivity index (χ2v) is 5.82. The number of anilines is 1. The van der Waals surface area contributed by atoms with Crippen molar-refractivity contribution in [3.63, 3.8) is 0 Å². The fourth-order valence-electron chi connectivity index (χ4n) is 2.52. The SMILES string of the molecule is Cc1cc(NC2CCCCC2O)cc(C)c1Br. The predicted octanol–water partition coefficient (Wildman–Crippen LogP) is 3.78. The van der Waals surface area contributed by atoms with Crippen LogP contribution >= 0.6 is 15.9 Å². The lowest BCUT2D eigenvalue weighted by Gasteiger charge is -2.29. The minimum absolute atomic E-state index is 0.201. The van der Waals surface area contributed by atoms with Crippen LogP contribution in [0.5, 0.6) is 0 Å². The number of rotatable bonds is 2. The van der Waals surface area contributed by atoms with Gasteiger partial charge in [0, 0.05) is 10.2 Å². The standard InChI is InChI=1S/C14H20BrNO/c1-9-7-11(8-10(2)14(9)15)16-12-5-3-4-6-13(12)17/h7-8,12-13,16-17H,3-6H2,1-2H3. The summed E-state index contributed by atoms with van der Waals surface area (Å²) < 4.78 is 1.17. The van der Waals surface area contributed by atoms with Crippen LogP contribution < -0.4 is 5.32 Å². The van der Waals surface area contributed by atoms with E-state index in [1.165, 1.54) is 22.0 Å². The van der Waals surface area contributed by atoms with Crippen LogP contribution in [0.3, 0.4) is 0 Å². The van der Waals surface area contributed by atoms with Crippen LogP contribution in [-0.4, -0.2) is 17.3 Å².